The Balaban J connectivity index is 4.53. The molecule has 3 heteroatoms. The van der Waals surface area contributed by atoms with E-state index in [1.807, 2.05) is 27.0 Å². The van der Waals surface area contributed by atoms with Crippen LogP contribution in [0.25, 0.3) is 0 Å². The molecule has 0 saturated carbocycles. The van der Waals surface area contributed by atoms with Gasteiger partial charge in [-0.3, -0.25) is 0 Å². The average molecular weight is 338 g/mol. The van der Waals surface area contributed by atoms with Crippen LogP contribution in [0.3, 0.4) is 0 Å². The van der Waals surface area contributed by atoms with Crippen molar-refractivity contribution in [3.05, 3.63) is 11.6 Å². The zero-order valence-electron chi connectivity index (χ0n) is 7.26. The number of nitrogens with zero attached hydrogens (tertiary/aromatic N) is 1. The number of hydrogen-bond donors (Lipinski definition) is 0. The molecule has 0 amide bonds. The zero-order chi connectivity index (χ0) is 8.85. The first-order valence-electron chi connectivity index (χ1n) is 3.26. The van der Waals surface area contributed by atoms with Crippen molar-refractivity contribution in [2.45, 2.75) is 20.8 Å². The molecule has 0 N–H and O–H groups in total. The monoisotopic (exact) mass is 338 g/mol. The van der Waals surface area contributed by atoms with Gasteiger partial charge in [0.25, 0.3) is 0 Å². The molecule has 0 aliphatic carbocycles. The van der Waals surface area contributed by atoms with Crippen molar-refractivity contribution in [2.24, 2.45) is 4.99 Å². The van der Waals surface area contributed by atoms with Crippen molar-refractivity contribution < 1.29 is 19.4 Å². The number of aliphatic imine (C=N–C) groups is 1. The van der Waals surface area contributed by atoms with Gasteiger partial charge in [0, 0.05) is 0 Å². The van der Waals surface area contributed by atoms with E-state index in [1.165, 1.54) is 23.4 Å². The SMILES string of the molecule is C[C-]=C(C)C(=N[C](C)=[W])SC. The zero-order valence-corrected chi connectivity index (χ0v) is 11.0. The van der Waals surface area contributed by atoms with Crippen molar-refractivity contribution in [2.75, 3.05) is 6.26 Å². The van der Waals surface area contributed by atoms with E-state index < -0.39 is 0 Å². The Morgan fingerprint density at radius 1 is 1.45 bits per heavy atom. The topological polar surface area (TPSA) is 12.4 Å². The van der Waals surface area contributed by atoms with Crippen LogP contribution in [0.15, 0.2) is 10.6 Å². The van der Waals surface area contributed by atoms with Crippen LogP contribution >= 0.6 is 11.8 Å². The summed E-state index contributed by atoms with van der Waals surface area (Å²) in [5.74, 6) is 0. The number of rotatable bonds is 2. The van der Waals surface area contributed by atoms with Crippen molar-refractivity contribution >= 4 is 20.8 Å². The number of thioether (sulfide) groups is 1. The molecule has 0 aromatic rings. The first kappa shape index (κ1) is 11.3. The van der Waals surface area contributed by atoms with Crippen LogP contribution in [0.1, 0.15) is 20.8 Å². The summed E-state index contributed by atoms with van der Waals surface area (Å²) in [4.78, 5) is 4.40. The van der Waals surface area contributed by atoms with Crippen LogP contribution in [0.2, 0.25) is 0 Å². The molecule has 0 rings (SSSR count). The van der Waals surface area contributed by atoms with Gasteiger partial charge in [0.1, 0.15) is 0 Å². The van der Waals surface area contributed by atoms with Gasteiger partial charge < -0.3 is 0 Å². The average Bonchev–Trinajstić information content (AvgIpc) is 1.98. The summed E-state index contributed by atoms with van der Waals surface area (Å²) in [6.45, 7) is 5.99. The van der Waals surface area contributed by atoms with Gasteiger partial charge in [-0.2, -0.15) is 0 Å². The van der Waals surface area contributed by atoms with Gasteiger partial charge >= 0.3 is 83.8 Å². The van der Waals surface area contributed by atoms with E-state index in [9.17, 15) is 0 Å². The molecule has 0 saturated heterocycles. The first-order valence-corrected chi connectivity index (χ1v) is 5.96. The van der Waals surface area contributed by atoms with Gasteiger partial charge in [0.05, 0.1) is 0 Å². The van der Waals surface area contributed by atoms with Crippen LogP contribution < -0.4 is 0 Å². The van der Waals surface area contributed by atoms with Gasteiger partial charge in [-0.1, -0.05) is 0 Å². The number of allylic oxidation sites excluding steroid dienone is 1. The summed E-state index contributed by atoms with van der Waals surface area (Å²) in [5, 5.41) is 1.08. The summed E-state index contributed by atoms with van der Waals surface area (Å²) >= 11 is 3.10. The predicted octanol–water partition coefficient (Wildman–Crippen LogP) is 2.21. The third-order valence-electron chi connectivity index (χ3n) is 1.15. The molecule has 0 radical (unpaired) electrons. The second-order valence-corrected chi connectivity index (χ2v) is 4.93. The Hall–Kier alpha value is 0.318. The van der Waals surface area contributed by atoms with Gasteiger partial charge in [-0.05, 0) is 0 Å². The molecule has 0 aromatic heterocycles. The van der Waals surface area contributed by atoms with E-state index in [1.54, 1.807) is 11.8 Å². The molecule has 0 atom stereocenters. The Labute approximate surface area is 83.8 Å². The quantitative estimate of drug-likeness (QED) is 0.427. The van der Waals surface area contributed by atoms with E-state index in [0.29, 0.717) is 0 Å². The van der Waals surface area contributed by atoms with E-state index in [-0.39, 0.29) is 0 Å². The molecule has 1 nitrogen and oxygen atoms in total. The molecular formula is C8H12NSW-. The van der Waals surface area contributed by atoms with E-state index in [4.69, 9.17) is 0 Å². The summed E-state index contributed by atoms with van der Waals surface area (Å²) < 4.78 is 1.17. The third kappa shape index (κ3) is 4.71. The maximum absolute atomic E-state index is 4.40. The van der Waals surface area contributed by atoms with Crippen LogP contribution in [-0.2, 0) is 19.4 Å². The predicted molar refractivity (Wildman–Crippen MR) is 49.7 cm³/mol. The van der Waals surface area contributed by atoms with Gasteiger partial charge in [-0.15, -0.1) is 0 Å². The fraction of sp³-hybridized carbons (Fsp3) is 0.500. The second kappa shape index (κ2) is 5.90. The summed E-state index contributed by atoms with van der Waals surface area (Å²) in [5.41, 5.74) is 1.14. The van der Waals surface area contributed by atoms with Crippen LogP contribution in [-0.4, -0.2) is 15.3 Å². The Morgan fingerprint density at radius 2 is 2.00 bits per heavy atom. The fourth-order valence-corrected chi connectivity index (χ4v) is 1.73. The van der Waals surface area contributed by atoms with Gasteiger partial charge in [-0.25, -0.2) is 0 Å². The Bertz CT molecular complexity index is 206. The molecule has 11 heavy (non-hydrogen) atoms. The van der Waals surface area contributed by atoms with Crippen molar-refractivity contribution in [1.29, 1.82) is 0 Å². The molecule has 0 spiro atoms. The van der Waals surface area contributed by atoms with Crippen molar-refractivity contribution in [1.82, 2.24) is 0 Å². The number of hydrogen-bond acceptors (Lipinski definition) is 2. The molecule has 0 unspecified atom stereocenters. The molecule has 62 valence electrons. The summed E-state index contributed by atoms with van der Waals surface area (Å²) in [6, 6.07) is 0. The van der Waals surface area contributed by atoms with E-state index in [0.717, 1.165) is 10.6 Å². The van der Waals surface area contributed by atoms with Crippen LogP contribution in [0.5, 0.6) is 0 Å². The van der Waals surface area contributed by atoms with Crippen molar-refractivity contribution in [3.8, 4) is 0 Å². The molecule has 0 bridgehead atoms. The van der Waals surface area contributed by atoms with Crippen LogP contribution in [0.4, 0.5) is 0 Å². The minimum atomic E-state index is 1.08. The standard InChI is InChI=1S/C8H12NS.W/c1-5-7(3)8(10-4)9-6-2;/h1-4H3;/q-1;. The van der Waals surface area contributed by atoms with Crippen molar-refractivity contribution in [3.63, 3.8) is 0 Å². The molecule has 0 aliphatic heterocycles. The molecule has 0 fully saturated rings. The normalized spacial score (nSPS) is 13.5. The second-order valence-electron chi connectivity index (χ2n) is 2.02. The Morgan fingerprint density at radius 3 is 2.27 bits per heavy atom. The third-order valence-corrected chi connectivity index (χ3v) is 2.26. The van der Waals surface area contributed by atoms with E-state index >= 15 is 0 Å². The first-order chi connectivity index (χ1) is 5.11. The maximum atomic E-state index is 4.40. The van der Waals surface area contributed by atoms with E-state index in [2.05, 4.69) is 11.1 Å². The van der Waals surface area contributed by atoms with Gasteiger partial charge in [0.15, 0.2) is 0 Å². The van der Waals surface area contributed by atoms with Gasteiger partial charge in [0.2, 0.25) is 0 Å². The molecular weight excluding hydrogens is 326 g/mol. The van der Waals surface area contributed by atoms with Crippen LogP contribution in [0, 0.1) is 6.08 Å². The summed E-state index contributed by atoms with van der Waals surface area (Å²) in [7, 11) is 0. The fourth-order valence-electron chi connectivity index (χ4n) is 0.533. The molecule has 0 aliphatic rings. The molecule has 0 heterocycles. The summed E-state index contributed by atoms with van der Waals surface area (Å²) in [6.07, 6.45) is 5.12. The Kier molecular flexibility index (Phi) is 6.08. The minimum absolute atomic E-state index is 1.08. The molecule has 0 aromatic carbocycles.